The summed E-state index contributed by atoms with van der Waals surface area (Å²) in [7, 11) is 2.56. The van der Waals surface area contributed by atoms with E-state index in [4.69, 9.17) is 0 Å². The molecule has 0 radical (unpaired) electrons. The van der Waals surface area contributed by atoms with E-state index in [1.165, 1.54) is 0 Å². The zero-order chi connectivity index (χ0) is 10.3. The summed E-state index contributed by atoms with van der Waals surface area (Å²) in [4.78, 5) is 0. The number of benzene rings is 1. The van der Waals surface area contributed by atoms with Crippen molar-refractivity contribution in [3.63, 3.8) is 0 Å². The van der Waals surface area contributed by atoms with Crippen molar-refractivity contribution in [3.8, 4) is 0 Å². The van der Waals surface area contributed by atoms with Crippen LogP contribution in [0.1, 0.15) is 19.4 Å². The molecule has 14 heavy (non-hydrogen) atoms. The minimum atomic E-state index is -0.105. The Morgan fingerprint density at radius 2 is 2.07 bits per heavy atom. The largest absolute Gasteiger partial charge is 0.206 e. The van der Waals surface area contributed by atoms with Crippen LogP contribution in [0.4, 0.5) is 4.39 Å². The predicted molar refractivity (Wildman–Crippen MR) is 65.3 cm³/mol. The van der Waals surface area contributed by atoms with Crippen molar-refractivity contribution >= 4 is 32.8 Å². The molecule has 0 nitrogen and oxygen atoms in total. The molecule has 1 unspecified atom stereocenters. The number of fused-ring (bicyclic) bond motifs is 1. The van der Waals surface area contributed by atoms with Crippen molar-refractivity contribution in [1.29, 1.82) is 0 Å². The third-order valence-electron chi connectivity index (χ3n) is 2.73. The highest BCUT2D eigenvalue weighted by Crippen LogP contribution is 2.20. The first-order valence-corrected chi connectivity index (χ1v) is 5.44. The van der Waals surface area contributed by atoms with Gasteiger partial charge >= 0.3 is 0 Å². The molecule has 1 heterocycles. The van der Waals surface area contributed by atoms with Crippen molar-refractivity contribution in [2.45, 2.75) is 19.7 Å². The lowest BCUT2D eigenvalue weighted by atomic mass is 9.40. The van der Waals surface area contributed by atoms with E-state index in [0.29, 0.717) is 12.5 Å². The van der Waals surface area contributed by atoms with Crippen LogP contribution in [-0.2, 0) is 0 Å². The molecule has 0 saturated heterocycles. The third kappa shape index (κ3) is 1.52. The van der Waals surface area contributed by atoms with Gasteiger partial charge in [-0.25, -0.2) is 4.39 Å². The van der Waals surface area contributed by atoms with Gasteiger partial charge in [-0.3, -0.25) is 0 Å². The lowest BCUT2D eigenvalue weighted by Gasteiger charge is -2.12. The van der Waals surface area contributed by atoms with Gasteiger partial charge in [0.15, 0.2) is 0 Å². The Labute approximate surface area is 86.9 Å². The van der Waals surface area contributed by atoms with E-state index in [2.05, 4.69) is 35.1 Å². The third-order valence-corrected chi connectivity index (χ3v) is 3.06. The zero-order valence-corrected chi connectivity index (χ0v) is 9.57. The average molecular weight is 206 g/mol. The maximum Gasteiger partial charge on any atom is 0.204 e. The van der Waals surface area contributed by atoms with Crippen LogP contribution in [0, 0.1) is 5.82 Å². The fourth-order valence-corrected chi connectivity index (χ4v) is 2.32. The smallest absolute Gasteiger partial charge is 0.204 e. The van der Waals surface area contributed by atoms with Crippen molar-refractivity contribution in [2.75, 3.05) is 0 Å². The SMILES string of the molecule is CC(C)B1C=Cc2c(F)cc(P)cc21. The maximum absolute atomic E-state index is 13.5. The van der Waals surface area contributed by atoms with Crippen LogP contribution in [0.5, 0.6) is 0 Å². The van der Waals surface area contributed by atoms with E-state index in [-0.39, 0.29) is 5.82 Å². The molecule has 1 atom stereocenters. The van der Waals surface area contributed by atoms with Gasteiger partial charge in [0.25, 0.3) is 0 Å². The Bertz CT molecular complexity index is 399. The summed E-state index contributed by atoms with van der Waals surface area (Å²) in [6.45, 7) is 4.70. The Hall–Kier alpha value is -0.615. The highest BCUT2D eigenvalue weighted by molar-refractivity contribution is 7.27. The van der Waals surface area contributed by atoms with Crippen LogP contribution in [-0.4, -0.2) is 6.71 Å². The fourth-order valence-electron chi connectivity index (χ4n) is 2.00. The second kappa shape index (κ2) is 3.51. The van der Waals surface area contributed by atoms with E-state index in [9.17, 15) is 4.39 Å². The summed E-state index contributed by atoms with van der Waals surface area (Å²) < 4.78 is 13.5. The minimum Gasteiger partial charge on any atom is -0.206 e. The quantitative estimate of drug-likeness (QED) is 0.487. The molecule has 0 aromatic heterocycles. The molecule has 1 aromatic rings. The molecule has 0 saturated carbocycles. The zero-order valence-electron chi connectivity index (χ0n) is 8.42. The van der Waals surface area contributed by atoms with Gasteiger partial charge in [0.2, 0.25) is 6.71 Å². The molecule has 0 aliphatic carbocycles. The summed E-state index contributed by atoms with van der Waals surface area (Å²) in [5.41, 5.74) is 1.90. The van der Waals surface area contributed by atoms with Gasteiger partial charge in [-0.2, -0.15) is 0 Å². The van der Waals surface area contributed by atoms with Gasteiger partial charge in [0.1, 0.15) is 5.82 Å². The summed E-state index contributed by atoms with van der Waals surface area (Å²) >= 11 is 0. The van der Waals surface area contributed by atoms with Gasteiger partial charge < -0.3 is 0 Å². The molecule has 0 N–H and O–H groups in total. The van der Waals surface area contributed by atoms with Crippen LogP contribution in [0.25, 0.3) is 6.08 Å². The highest BCUT2D eigenvalue weighted by atomic mass is 31.0. The lowest BCUT2D eigenvalue weighted by Crippen LogP contribution is -2.32. The second-order valence-corrected chi connectivity index (χ2v) is 4.80. The molecule has 0 spiro atoms. The maximum atomic E-state index is 13.5. The number of halogens is 1. The Morgan fingerprint density at radius 3 is 2.71 bits per heavy atom. The molecule has 0 fully saturated rings. The van der Waals surface area contributed by atoms with E-state index in [1.807, 2.05) is 6.08 Å². The molecule has 0 amide bonds. The van der Waals surface area contributed by atoms with E-state index in [1.54, 1.807) is 6.07 Å². The molecule has 3 heteroatoms. The molecular formula is C11H13BFP. The highest BCUT2D eigenvalue weighted by Gasteiger charge is 2.26. The van der Waals surface area contributed by atoms with Crippen LogP contribution < -0.4 is 10.8 Å². The molecule has 2 rings (SSSR count). The normalized spacial score (nSPS) is 13.9. The molecule has 1 aliphatic heterocycles. The topological polar surface area (TPSA) is 0 Å². The number of hydrogen-bond donors (Lipinski definition) is 0. The van der Waals surface area contributed by atoms with E-state index >= 15 is 0 Å². The molecule has 72 valence electrons. The van der Waals surface area contributed by atoms with Gasteiger partial charge in [0.05, 0.1) is 0 Å². The van der Waals surface area contributed by atoms with Crippen LogP contribution >= 0.6 is 9.24 Å². The molecule has 1 aliphatic rings. The van der Waals surface area contributed by atoms with Crippen molar-refractivity contribution < 1.29 is 4.39 Å². The summed E-state index contributed by atoms with van der Waals surface area (Å²) in [6, 6.07) is 3.63. The van der Waals surface area contributed by atoms with Crippen LogP contribution in [0.2, 0.25) is 5.82 Å². The number of hydrogen-bond acceptors (Lipinski definition) is 0. The van der Waals surface area contributed by atoms with E-state index in [0.717, 1.165) is 16.3 Å². The minimum absolute atomic E-state index is 0.105. The first-order valence-electron chi connectivity index (χ1n) is 4.86. The Kier molecular flexibility index (Phi) is 2.49. The van der Waals surface area contributed by atoms with Crippen molar-refractivity contribution in [2.24, 2.45) is 0 Å². The molecular weight excluding hydrogens is 193 g/mol. The monoisotopic (exact) mass is 206 g/mol. The average Bonchev–Trinajstić information content (AvgIpc) is 2.47. The first kappa shape index (κ1) is 9.92. The van der Waals surface area contributed by atoms with E-state index < -0.39 is 0 Å². The first-order chi connectivity index (χ1) is 6.59. The Morgan fingerprint density at radius 1 is 1.36 bits per heavy atom. The van der Waals surface area contributed by atoms with Gasteiger partial charge in [-0.1, -0.05) is 37.3 Å². The summed E-state index contributed by atoms with van der Waals surface area (Å²) in [6.07, 6.45) is 1.90. The van der Waals surface area contributed by atoms with Gasteiger partial charge in [-0.05, 0) is 11.4 Å². The van der Waals surface area contributed by atoms with Crippen LogP contribution in [0.3, 0.4) is 0 Å². The molecule has 0 bridgehead atoms. The van der Waals surface area contributed by atoms with Crippen LogP contribution in [0.15, 0.2) is 18.1 Å². The Balaban J connectivity index is 2.54. The lowest BCUT2D eigenvalue weighted by molar-refractivity contribution is 0.627. The standard InChI is InChI=1S/C11H13BFP/c1-7(2)12-4-3-9-10(12)5-8(14)6-11(9)13/h3-7H,14H2,1-2H3. The fraction of sp³-hybridized carbons (Fsp3) is 0.273. The summed E-state index contributed by atoms with van der Waals surface area (Å²) in [5, 5.41) is 0.926. The van der Waals surface area contributed by atoms with Gasteiger partial charge in [0, 0.05) is 5.56 Å². The number of rotatable bonds is 1. The predicted octanol–water partition coefficient (Wildman–Crippen LogP) is 2.00. The van der Waals surface area contributed by atoms with Crippen molar-refractivity contribution in [3.05, 3.63) is 29.5 Å². The summed E-state index contributed by atoms with van der Waals surface area (Å²) in [5.74, 6) is 2.52. The molecule has 1 aromatic carbocycles. The van der Waals surface area contributed by atoms with Gasteiger partial charge in [-0.15, -0.1) is 15.2 Å². The van der Waals surface area contributed by atoms with Crippen molar-refractivity contribution in [1.82, 2.24) is 0 Å². The second-order valence-electron chi connectivity index (χ2n) is 4.13.